The number of hydrogen-bond acceptors (Lipinski definition) is 1. The van der Waals surface area contributed by atoms with Crippen LogP contribution in [0.25, 0.3) is 0 Å². The average Bonchev–Trinajstić information content (AvgIpc) is 3.85. The van der Waals surface area contributed by atoms with Crippen molar-refractivity contribution in [2.75, 3.05) is 12.4 Å². The molecule has 5 rings (SSSR count). The summed E-state index contributed by atoms with van der Waals surface area (Å²) in [5, 5.41) is 4.51. The van der Waals surface area contributed by atoms with Crippen molar-refractivity contribution in [1.29, 1.82) is 0 Å². The van der Waals surface area contributed by atoms with Crippen molar-refractivity contribution in [3.8, 4) is 0 Å². The van der Waals surface area contributed by atoms with Gasteiger partial charge in [0.05, 0.1) is 5.31 Å². The lowest BCUT2D eigenvalue weighted by Gasteiger charge is -2.26. The molecular weight excluding hydrogens is 513 g/mol. The van der Waals surface area contributed by atoms with Gasteiger partial charge >= 0.3 is 0 Å². The molecule has 0 radical (unpaired) electrons. The van der Waals surface area contributed by atoms with E-state index < -0.39 is 0 Å². The van der Waals surface area contributed by atoms with E-state index in [0.717, 1.165) is 17.8 Å². The van der Waals surface area contributed by atoms with Gasteiger partial charge in [-0.1, -0.05) is 117 Å². The molecular formula is C39H54NP. The van der Waals surface area contributed by atoms with Crippen LogP contribution in [0.5, 0.6) is 0 Å². The van der Waals surface area contributed by atoms with Crippen LogP contribution in [0, 0.1) is 11.8 Å². The SMILES string of the molecule is C=C(/C=C\C(=C/C)C1=C=P1)C1CCCCC1.C=C(C)C1=CC=C(C)CC1.CNc1ccc(C2CCC(C)CC2)cc1. The van der Waals surface area contributed by atoms with Crippen molar-refractivity contribution in [1.82, 2.24) is 0 Å². The second-order valence-electron chi connectivity index (χ2n) is 12.4. The summed E-state index contributed by atoms with van der Waals surface area (Å²) in [6.07, 6.45) is 25.7. The standard InChI is InChI=1S/C15H19P.C14H21N.C10H14/c1-3-13(15-11-16-15)10-9-12(2)14-7-5-4-6-8-14;1-11-3-5-12(6-4-11)13-7-9-14(15-2)10-8-13;1-8(2)10-6-4-9(3)5-7-10/h3,9-10,14H,2,4-8H2,1H3;7-12,15H,3-6H2,1-2H3;4,6H,1,5,7H2,2-3H3/b10-9-,13-3+;;. The van der Waals surface area contributed by atoms with E-state index in [2.05, 4.69) is 106 Å². The molecule has 1 aliphatic heterocycles. The van der Waals surface area contributed by atoms with Crippen molar-refractivity contribution in [3.05, 3.63) is 107 Å². The Morgan fingerprint density at radius 2 is 1.59 bits per heavy atom. The van der Waals surface area contributed by atoms with Crippen LogP contribution in [0.2, 0.25) is 0 Å². The van der Waals surface area contributed by atoms with Gasteiger partial charge in [-0.3, -0.25) is 0 Å². The molecule has 220 valence electrons. The zero-order chi connectivity index (χ0) is 29.6. The predicted molar refractivity (Wildman–Crippen MR) is 186 cm³/mol. The van der Waals surface area contributed by atoms with Gasteiger partial charge in [0.1, 0.15) is 0 Å². The summed E-state index contributed by atoms with van der Waals surface area (Å²) in [6, 6.07) is 8.94. The molecule has 0 unspecified atom stereocenters. The number of nitrogens with one attached hydrogen (secondary N) is 1. The van der Waals surface area contributed by atoms with Gasteiger partial charge in [-0.15, -0.1) is 0 Å². The van der Waals surface area contributed by atoms with E-state index in [4.69, 9.17) is 0 Å². The average molecular weight is 568 g/mol. The molecule has 2 fully saturated rings. The molecule has 1 N–H and O–H groups in total. The first kappa shape index (κ1) is 32.9. The number of benzene rings is 1. The largest absolute Gasteiger partial charge is 0.388 e. The number of anilines is 1. The van der Waals surface area contributed by atoms with E-state index in [9.17, 15) is 0 Å². The van der Waals surface area contributed by atoms with E-state index >= 15 is 0 Å². The van der Waals surface area contributed by atoms with Gasteiger partial charge in [-0.25, -0.2) is 0 Å². The van der Waals surface area contributed by atoms with Gasteiger partial charge in [0.25, 0.3) is 0 Å². The summed E-state index contributed by atoms with van der Waals surface area (Å²) >= 11 is 0. The fraction of sp³-hybridized carbons (Fsp3) is 0.487. The smallest absolute Gasteiger partial charge is 0.0633 e. The first-order valence-corrected chi connectivity index (χ1v) is 16.9. The molecule has 0 amide bonds. The Kier molecular flexibility index (Phi) is 14.0. The summed E-state index contributed by atoms with van der Waals surface area (Å²) in [5.74, 6) is 2.49. The third kappa shape index (κ3) is 11.7. The molecule has 1 aromatic rings. The molecule has 2 saturated carbocycles. The normalized spacial score (nSPS) is 22.7. The van der Waals surface area contributed by atoms with Crippen molar-refractivity contribution in [3.63, 3.8) is 0 Å². The van der Waals surface area contributed by atoms with E-state index in [-0.39, 0.29) is 0 Å². The molecule has 0 saturated heterocycles. The van der Waals surface area contributed by atoms with Crippen LogP contribution in [-0.4, -0.2) is 12.5 Å². The number of allylic oxidation sites excluding steroid dienone is 11. The van der Waals surface area contributed by atoms with Gasteiger partial charge in [0.2, 0.25) is 0 Å². The maximum atomic E-state index is 4.22. The summed E-state index contributed by atoms with van der Waals surface area (Å²) in [4.78, 5) is 0. The molecule has 1 nitrogen and oxygen atoms in total. The summed E-state index contributed by atoms with van der Waals surface area (Å²) in [6.45, 7) is 16.8. The van der Waals surface area contributed by atoms with Crippen LogP contribution in [-0.2, 0) is 0 Å². The minimum atomic E-state index is 0.734. The van der Waals surface area contributed by atoms with Crippen LogP contribution in [0.1, 0.15) is 110 Å². The van der Waals surface area contributed by atoms with Crippen molar-refractivity contribution in [2.45, 2.75) is 104 Å². The van der Waals surface area contributed by atoms with Gasteiger partial charge in [0, 0.05) is 12.7 Å². The first-order valence-electron chi connectivity index (χ1n) is 16.0. The van der Waals surface area contributed by atoms with Crippen LogP contribution >= 0.6 is 8.20 Å². The molecule has 0 aromatic heterocycles. The molecule has 0 atom stereocenters. The fourth-order valence-corrected chi connectivity index (χ4v) is 6.41. The van der Waals surface area contributed by atoms with Crippen molar-refractivity contribution in [2.24, 2.45) is 11.8 Å². The van der Waals surface area contributed by atoms with Crippen LogP contribution in [0.4, 0.5) is 5.69 Å². The lowest BCUT2D eigenvalue weighted by Crippen LogP contribution is -2.10. The Bertz CT molecular complexity index is 1200. The quantitative estimate of drug-likeness (QED) is 0.255. The highest BCUT2D eigenvalue weighted by Crippen LogP contribution is 2.36. The summed E-state index contributed by atoms with van der Waals surface area (Å²) in [5.41, 5.74) is 12.7. The maximum Gasteiger partial charge on any atom is 0.0633 e. The van der Waals surface area contributed by atoms with E-state index in [0.29, 0.717) is 0 Å². The molecule has 3 aliphatic carbocycles. The Morgan fingerprint density at radius 3 is 2.10 bits per heavy atom. The molecule has 41 heavy (non-hydrogen) atoms. The monoisotopic (exact) mass is 567 g/mol. The second-order valence-corrected chi connectivity index (χ2v) is 13.3. The first-order chi connectivity index (χ1) is 19.8. The van der Waals surface area contributed by atoms with E-state index in [1.54, 1.807) is 0 Å². The second kappa shape index (κ2) is 17.4. The van der Waals surface area contributed by atoms with Crippen molar-refractivity contribution < 1.29 is 0 Å². The topological polar surface area (TPSA) is 12.0 Å². The van der Waals surface area contributed by atoms with Gasteiger partial charge < -0.3 is 5.32 Å². The molecule has 2 heteroatoms. The Balaban J connectivity index is 0.000000174. The van der Waals surface area contributed by atoms with E-state index in [1.807, 2.05) is 7.05 Å². The predicted octanol–water partition coefficient (Wildman–Crippen LogP) is 12.1. The van der Waals surface area contributed by atoms with Crippen LogP contribution in [0.15, 0.2) is 101 Å². The minimum absolute atomic E-state index is 0.734. The van der Waals surface area contributed by atoms with Gasteiger partial charge in [-0.05, 0) is 114 Å². The van der Waals surface area contributed by atoms with Gasteiger partial charge in [0.15, 0.2) is 0 Å². The summed E-state index contributed by atoms with van der Waals surface area (Å²) < 4.78 is 0. The highest BCUT2D eigenvalue weighted by Gasteiger charge is 2.19. The Hall–Kier alpha value is -2.59. The van der Waals surface area contributed by atoms with Crippen LogP contribution in [0.3, 0.4) is 0 Å². The zero-order valence-corrected chi connectivity index (χ0v) is 27.5. The molecule has 1 aromatic carbocycles. The van der Waals surface area contributed by atoms with Crippen molar-refractivity contribution >= 4 is 19.3 Å². The number of rotatable bonds is 7. The molecule has 4 aliphatic rings. The fourth-order valence-electron chi connectivity index (χ4n) is 5.89. The van der Waals surface area contributed by atoms with Gasteiger partial charge in [-0.2, -0.15) is 0 Å². The summed E-state index contributed by atoms with van der Waals surface area (Å²) in [7, 11) is 3.24. The zero-order valence-electron chi connectivity index (χ0n) is 26.6. The molecule has 0 spiro atoms. The Labute approximate surface area is 253 Å². The lowest BCUT2D eigenvalue weighted by atomic mass is 9.79. The molecule has 0 bridgehead atoms. The Morgan fingerprint density at radius 1 is 0.927 bits per heavy atom. The number of hydrogen-bond donors (Lipinski definition) is 1. The minimum Gasteiger partial charge on any atom is -0.388 e. The lowest BCUT2D eigenvalue weighted by molar-refractivity contribution is 0.348. The highest BCUT2D eigenvalue weighted by atomic mass is 31.1. The van der Waals surface area contributed by atoms with E-state index in [1.165, 1.54) is 123 Å². The third-order valence-corrected chi connectivity index (χ3v) is 9.71. The third-order valence-electron chi connectivity index (χ3n) is 9.01. The maximum absolute atomic E-state index is 4.22. The van der Waals surface area contributed by atoms with Crippen LogP contribution < -0.4 is 5.32 Å². The highest BCUT2D eigenvalue weighted by molar-refractivity contribution is 7.53. The molecule has 1 heterocycles.